The normalized spacial score (nSPS) is 18.3. The Morgan fingerprint density at radius 3 is 3.05 bits per heavy atom. The summed E-state index contributed by atoms with van der Waals surface area (Å²) < 4.78 is 6.07. The largest absolute Gasteiger partial charge is 0.465 e. The van der Waals surface area contributed by atoms with Crippen molar-refractivity contribution in [2.75, 3.05) is 31.6 Å². The molecule has 0 spiro atoms. The van der Waals surface area contributed by atoms with E-state index >= 15 is 0 Å². The Bertz CT molecular complexity index is 554. The molecule has 2 N–H and O–H groups in total. The Balaban J connectivity index is 2.00. The minimum atomic E-state index is -0.988. The predicted molar refractivity (Wildman–Crippen MR) is 78.6 cm³/mol. The first-order chi connectivity index (χ1) is 9.97. The molecule has 1 aliphatic rings. The molecule has 114 valence electrons. The van der Waals surface area contributed by atoms with Gasteiger partial charge in [-0.3, -0.25) is 10.1 Å². The average molecular weight is 360 g/mol. The quantitative estimate of drug-likeness (QED) is 0.630. The topological polar surface area (TPSA) is 105 Å². The number of morpholine rings is 1. The van der Waals surface area contributed by atoms with Gasteiger partial charge in [0.05, 0.1) is 24.2 Å². The molecule has 1 heterocycles. The zero-order chi connectivity index (χ0) is 15.4. The van der Waals surface area contributed by atoms with E-state index in [4.69, 9.17) is 9.84 Å². The van der Waals surface area contributed by atoms with Crippen molar-refractivity contribution in [2.45, 2.75) is 6.10 Å². The average Bonchev–Trinajstić information content (AvgIpc) is 2.46. The van der Waals surface area contributed by atoms with Gasteiger partial charge in [-0.1, -0.05) is 15.9 Å². The number of halogens is 1. The van der Waals surface area contributed by atoms with E-state index in [2.05, 4.69) is 21.2 Å². The molecule has 1 unspecified atom stereocenters. The highest BCUT2D eigenvalue weighted by Gasteiger charge is 2.24. The van der Waals surface area contributed by atoms with Crippen molar-refractivity contribution in [2.24, 2.45) is 0 Å². The summed E-state index contributed by atoms with van der Waals surface area (Å²) >= 11 is 3.19. The highest BCUT2D eigenvalue weighted by atomic mass is 79.9. The fourth-order valence-corrected chi connectivity index (χ4v) is 2.39. The van der Waals surface area contributed by atoms with Gasteiger partial charge in [0.2, 0.25) is 0 Å². The third-order valence-electron chi connectivity index (χ3n) is 3.09. The SMILES string of the molecule is O=C(O)N1CCOC(CNc2ccc(Br)cc2[N+](=O)[O-])C1. The maximum atomic E-state index is 11.0. The van der Waals surface area contributed by atoms with Crippen molar-refractivity contribution in [3.8, 4) is 0 Å². The molecule has 0 bridgehead atoms. The Morgan fingerprint density at radius 2 is 2.38 bits per heavy atom. The molecule has 1 fully saturated rings. The van der Waals surface area contributed by atoms with Crippen LogP contribution in [0.4, 0.5) is 16.2 Å². The summed E-state index contributed by atoms with van der Waals surface area (Å²) in [4.78, 5) is 22.7. The van der Waals surface area contributed by atoms with Crippen molar-refractivity contribution in [1.29, 1.82) is 0 Å². The molecule has 1 aromatic rings. The number of rotatable bonds is 4. The van der Waals surface area contributed by atoms with E-state index in [0.717, 1.165) is 0 Å². The van der Waals surface area contributed by atoms with E-state index in [0.29, 0.717) is 29.9 Å². The van der Waals surface area contributed by atoms with E-state index in [1.165, 1.54) is 11.0 Å². The third kappa shape index (κ3) is 4.05. The van der Waals surface area contributed by atoms with Crippen molar-refractivity contribution in [1.82, 2.24) is 4.90 Å². The van der Waals surface area contributed by atoms with Crippen LogP contribution in [-0.4, -0.2) is 53.4 Å². The van der Waals surface area contributed by atoms with Crippen molar-refractivity contribution in [3.05, 3.63) is 32.8 Å². The van der Waals surface area contributed by atoms with E-state index in [1.54, 1.807) is 12.1 Å². The van der Waals surface area contributed by atoms with E-state index < -0.39 is 11.0 Å². The van der Waals surface area contributed by atoms with E-state index in [-0.39, 0.29) is 18.3 Å². The highest BCUT2D eigenvalue weighted by Crippen LogP contribution is 2.28. The number of nitro groups is 1. The van der Waals surface area contributed by atoms with Gasteiger partial charge in [-0.05, 0) is 12.1 Å². The Morgan fingerprint density at radius 1 is 1.62 bits per heavy atom. The molecule has 1 aromatic carbocycles. The zero-order valence-electron chi connectivity index (χ0n) is 11.0. The van der Waals surface area contributed by atoms with Crippen molar-refractivity contribution < 1.29 is 19.6 Å². The van der Waals surface area contributed by atoms with Crippen LogP contribution in [0.1, 0.15) is 0 Å². The Labute approximate surface area is 129 Å². The van der Waals surface area contributed by atoms with Crippen molar-refractivity contribution >= 4 is 33.4 Å². The van der Waals surface area contributed by atoms with Gasteiger partial charge in [0, 0.05) is 23.6 Å². The molecule has 8 nitrogen and oxygen atoms in total. The van der Waals surface area contributed by atoms with Gasteiger partial charge in [0.1, 0.15) is 5.69 Å². The molecule has 0 aromatic heterocycles. The second kappa shape index (κ2) is 6.72. The number of ether oxygens (including phenoxy) is 1. The summed E-state index contributed by atoms with van der Waals surface area (Å²) in [5.41, 5.74) is 0.328. The van der Waals surface area contributed by atoms with Crippen LogP contribution in [0.5, 0.6) is 0 Å². The second-order valence-electron chi connectivity index (χ2n) is 4.52. The Hall–Kier alpha value is -1.87. The molecular weight excluding hydrogens is 346 g/mol. The number of hydrogen-bond acceptors (Lipinski definition) is 5. The van der Waals surface area contributed by atoms with Gasteiger partial charge in [-0.15, -0.1) is 0 Å². The van der Waals surface area contributed by atoms with Crippen LogP contribution < -0.4 is 5.32 Å². The summed E-state index contributed by atoms with van der Waals surface area (Å²) in [6, 6.07) is 4.70. The molecule has 9 heteroatoms. The molecule has 1 aliphatic heterocycles. The molecule has 1 amide bonds. The first-order valence-electron chi connectivity index (χ1n) is 6.24. The van der Waals surface area contributed by atoms with Crippen molar-refractivity contribution in [3.63, 3.8) is 0 Å². The summed E-state index contributed by atoms with van der Waals surface area (Å²) in [6.45, 7) is 1.20. The molecule has 1 atom stereocenters. The minimum Gasteiger partial charge on any atom is -0.465 e. The van der Waals surface area contributed by atoms with Gasteiger partial charge >= 0.3 is 6.09 Å². The molecular formula is C12H14BrN3O5. The number of benzene rings is 1. The lowest BCUT2D eigenvalue weighted by molar-refractivity contribution is -0.384. The number of carbonyl (C=O) groups is 1. The maximum absolute atomic E-state index is 11.0. The summed E-state index contributed by atoms with van der Waals surface area (Å²) in [5, 5.41) is 22.9. The molecule has 2 rings (SSSR count). The molecule has 0 saturated carbocycles. The van der Waals surface area contributed by atoms with Crippen LogP contribution in [0, 0.1) is 10.1 Å². The first kappa shape index (κ1) is 15.5. The van der Waals surface area contributed by atoms with Gasteiger partial charge < -0.3 is 20.1 Å². The fraction of sp³-hybridized carbons (Fsp3) is 0.417. The second-order valence-corrected chi connectivity index (χ2v) is 5.44. The lowest BCUT2D eigenvalue weighted by Gasteiger charge is -2.31. The maximum Gasteiger partial charge on any atom is 0.407 e. The van der Waals surface area contributed by atoms with Gasteiger partial charge in [-0.25, -0.2) is 4.79 Å². The van der Waals surface area contributed by atoms with Crippen LogP contribution in [0.2, 0.25) is 0 Å². The number of carboxylic acid groups (broad SMARTS) is 1. The van der Waals surface area contributed by atoms with E-state index in [1.807, 2.05) is 0 Å². The molecule has 1 saturated heterocycles. The standard InChI is InChI=1S/C12H14BrN3O5/c13-8-1-2-10(11(5-8)16(19)20)14-6-9-7-15(12(17)18)3-4-21-9/h1-2,5,9,14H,3-4,6-7H2,(H,17,18). The first-order valence-corrected chi connectivity index (χ1v) is 7.04. The number of nitrogens with zero attached hydrogens (tertiary/aromatic N) is 2. The number of amides is 1. The third-order valence-corrected chi connectivity index (χ3v) is 3.58. The molecule has 21 heavy (non-hydrogen) atoms. The van der Waals surface area contributed by atoms with Gasteiger partial charge in [-0.2, -0.15) is 0 Å². The van der Waals surface area contributed by atoms with Crippen LogP contribution in [0.15, 0.2) is 22.7 Å². The summed E-state index contributed by atoms with van der Waals surface area (Å²) in [5.74, 6) is 0. The van der Waals surface area contributed by atoms with Gasteiger partial charge in [0.15, 0.2) is 0 Å². The van der Waals surface area contributed by atoms with E-state index in [9.17, 15) is 14.9 Å². The molecule has 0 aliphatic carbocycles. The van der Waals surface area contributed by atoms with Crippen LogP contribution in [0.3, 0.4) is 0 Å². The van der Waals surface area contributed by atoms with Gasteiger partial charge in [0.25, 0.3) is 5.69 Å². The minimum absolute atomic E-state index is 0.0460. The zero-order valence-corrected chi connectivity index (χ0v) is 12.6. The lowest BCUT2D eigenvalue weighted by Crippen LogP contribution is -2.47. The van der Waals surface area contributed by atoms with Crippen LogP contribution in [-0.2, 0) is 4.74 Å². The fourth-order valence-electron chi connectivity index (χ4n) is 2.05. The molecule has 0 radical (unpaired) electrons. The number of nitro benzene ring substituents is 1. The summed E-state index contributed by atoms with van der Waals surface area (Å²) in [6.07, 6.45) is -1.32. The summed E-state index contributed by atoms with van der Waals surface area (Å²) in [7, 11) is 0. The van der Waals surface area contributed by atoms with Crippen LogP contribution in [0.25, 0.3) is 0 Å². The number of nitrogens with one attached hydrogen (secondary N) is 1. The smallest absolute Gasteiger partial charge is 0.407 e. The highest BCUT2D eigenvalue weighted by molar-refractivity contribution is 9.10. The lowest BCUT2D eigenvalue weighted by atomic mass is 10.2. The predicted octanol–water partition coefficient (Wildman–Crippen LogP) is 2.15. The number of hydrogen-bond donors (Lipinski definition) is 2. The Kier molecular flexibility index (Phi) is 4.97. The number of anilines is 1. The van der Waals surface area contributed by atoms with Crippen LogP contribution >= 0.6 is 15.9 Å². The monoisotopic (exact) mass is 359 g/mol.